The van der Waals surface area contributed by atoms with Gasteiger partial charge < -0.3 is 15.4 Å². The number of thiophene rings is 1. The van der Waals surface area contributed by atoms with Gasteiger partial charge in [0.1, 0.15) is 5.00 Å². The summed E-state index contributed by atoms with van der Waals surface area (Å²) in [6.45, 7) is 6.03. The predicted octanol–water partition coefficient (Wildman–Crippen LogP) is 5.29. The number of hydrogen-bond acceptors (Lipinski definition) is 4. The Balaban J connectivity index is 2.22. The molecular formula is C17H19BrN2O2S2. The number of thiocarbonyl (C=S) groups is 1. The van der Waals surface area contributed by atoms with Crippen LogP contribution in [0.1, 0.15) is 33.3 Å². The Morgan fingerprint density at radius 1 is 1.33 bits per heavy atom. The lowest BCUT2D eigenvalue weighted by Gasteiger charge is -2.12. The summed E-state index contributed by atoms with van der Waals surface area (Å²) in [5, 5.41) is 7.42. The van der Waals surface area contributed by atoms with Crippen molar-refractivity contribution in [2.24, 2.45) is 0 Å². The Morgan fingerprint density at radius 2 is 2.04 bits per heavy atom. The molecule has 2 rings (SSSR count). The van der Waals surface area contributed by atoms with Gasteiger partial charge in [-0.05, 0) is 61.8 Å². The predicted molar refractivity (Wildman–Crippen MR) is 108 cm³/mol. The van der Waals surface area contributed by atoms with E-state index in [0.29, 0.717) is 15.7 Å². The topological polar surface area (TPSA) is 50.4 Å². The molecule has 24 heavy (non-hydrogen) atoms. The molecule has 0 aliphatic heterocycles. The van der Waals surface area contributed by atoms with Crippen molar-refractivity contribution in [3.05, 3.63) is 44.2 Å². The van der Waals surface area contributed by atoms with Crippen LogP contribution in [0.25, 0.3) is 0 Å². The highest BCUT2D eigenvalue weighted by Crippen LogP contribution is 2.34. The molecule has 0 atom stereocenters. The van der Waals surface area contributed by atoms with Crippen molar-refractivity contribution < 1.29 is 9.53 Å². The number of carbonyl (C=O) groups excluding carboxylic acids is 1. The van der Waals surface area contributed by atoms with Gasteiger partial charge in [0.2, 0.25) is 0 Å². The van der Waals surface area contributed by atoms with Crippen molar-refractivity contribution in [3.63, 3.8) is 0 Å². The second-order valence-electron chi connectivity index (χ2n) is 5.23. The van der Waals surface area contributed by atoms with Crippen LogP contribution in [0.15, 0.2) is 22.7 Å². The van der Waals surface area contributed by atoms with Crippen molar-refractivity contribution >= 4 is 61.3 Å². The summed E-state index contributed by atoms with van der Waals surface area (Å²) >= 11 is 10.4. The summed E-state index contributed by atoms with van der Waals surface area (Å²) in [7, 11) is 1.39. The van der Waals surface area contributed by atoms with Crippen molar-refractivity contribution in [1.29, 1.82) is 0 Å². The normalized spacial score (nSPS) is 10.4. The third-order valence-electron chi connectivity index (χ3n) is 3.59. The van der Waals surface area contributed by atoms with Crippen LogP contribution in [0.2, 0.25) is 0 Å². The molecule has 0 bridgehead atoms. The lowest BCUT2D eigenvalue weighted by molar-refractivity contribution is 0.0601. The highest BCUT2D eigenvalue weighted by molar-refractivity contribution is 9.10. The molecule has 0 unspecified atom stereocenters. The smallest absolute Gasteiger partial charge is 0.341 e. The van der Waals surface area contributed by atoms with Crippen LogP contribution in [-0.2, 0) is 11.2 Å². The maximum absolute atomic E-state index is 12.1. The van der Waals surface area contributed by atoms with E-state index in [0.717, 1.165) is 32.6 Å². The van der Waals surface area contributed by atoms with E-state index in [9.17, 15) is 4.79 Å². The Hall–Kier alpha value is -1.44. The first kappa shape index (κ1) is 18.9. The number of methoxy groups -OCH3 is 1. The van der Waals surface area contributed by atoms with Crippen molar-refractivity contribution in [3.8, 4) is 0 Å². The van der Waals surface area contributed by atoms with Gasteiger partial charge in [-0.25, -0.2) is 4.79 Å². The largest absolute Gasteiger partial charge is 0.465 e. The van der Waals surface area contributed by atoms with Crippen LogP contribution in [0, 0.1) is 13.8 Å². The molecule has 128 valence electrons. The van der Waals surface area contributed by atoms with Gasteiger partial charge in [0.25, 0.3) is 0 Å². The fraction of sp³-hybridized carbons (Fsp3) is 0.294. The molecule has 0 spiro atoms. The maximum atomic E-state index is 12.1. The molecular weight excluding hydrogens is 408 g/mol. The average Bonchev–Trinajstić information content (AvgIpc) is 2.85. The van der Waals surface area contributed by atoms with Crippen LogP contribution in [0.5, 0.6) is 0 Å². The minimum Gasteiger partial charge on any atom is -0.465 e. The molecule has 0 aliphatic rings. The van der Waals surface area contributed by atoms with E-state index >= 15 is 0 Å². The Kier molecular flexibility index (Phi) is 6.37. The summed E-state index contributed by atoms with van der Waals surface area (Å²) in [5.74, 6) is -0.346. The van der Waals surface area contributed by atoms with E-state index in [-0.39, 0.29) is 5.97 Å². The third kappa shape index (κ3) is 4.15. The zero-order chi connectivity index (χ0) is 17.9. The van der Waals surface area contributed by atoms with E-state index in [1.165, 1.54) is 18.4 Å². The zero-order valence-corrected chi connectivity index (χ0v) is 17.2. The van der Waals surface area contributed by atoms with Crippen molar-refractivity contribution in [2.75, 3.05) is 17.7 Å². The molecule has 0 amide bonds. The molecule has 7 heteroatoms. The summed E-state index contributed by atoms with van der Waals surface area (Å²) in [4.78, 5) is 13.2. The van der Waals surface area contributed by atoms with Crippen LogP contribution in [0.4, 0.5) is 10.7 Å². The number of rotatable bonds is 4. The summed E-state index contributed by atoms with van der Waals surface area (Å²) in [5.41, 5.74) is 3.56. The molecule has 2 N–H and O–H groups in total. The van der Waals surface area contributed by atoms with Crippen molar-refractivity contribution in [1.82, 2.24) is 0 Å². The fourth-order valence-electron chi connectivity index (χ4n) is 2.40. The molecule has 0 aliphatic carbocycles. The number of esters is 1. The van der Waals surface area contributed by atoms with E-state index in [1.54, 1.807) is 0 Å². The summed E-state index contributed by atoms with van der Waals surface area (Å²) in [6.07, 6.45) is 0.764. The standard InChI is InChI=1S/C17H19BrN2O2S2/c1-5-12-10(3)24-15(14(12)16(21)22-4)20-17(23)19-11-6-7-13(18)9(2)8-11/h6-8H,5H2,1-4H3,(H2,19,20,23). The minimum absolute atomic E-state index is 0.346. The number of carbonyl (C=O) groups is 1. The number of ether oxygens (including phenoxy) is 1. The molecule has 4 nitrogen and oxygen atoms in total. The summed E-state index contributed by atoms with van der Waals surface area (Å²) in [6, 6.07) is 5.89. The lowest BCUT2D eigenvalue weighted by Crippen LogP contribution is -2.20. The SMILES string of the molecule is CCc1c(C)sc(NC(=S)Nc2ccc(Br)c(C)c2)c1C(=O)OC. The van der Waals surface area contributed by atoms with Gasteiger partial charge in [0.15, 0.2) is 5.11 Å². The first-order valence-electron chi connectivity index (χ1n) is 7.42. The maximum Gasteiger partial charge on any atom is 0.341 e. The second-order valence-corrected chi connectivity index (χ2v) is 7.72. The van der Waals surface area contributed by atoms with Gasteiger partial charge >= 0.3 is 5.97 Å². The number of anilines is 2. The minimum atomic E-state index is -0.346. The second kappa shape index (κ2) is 8.09. The highest BCUT2D eigenvalue weighted by atomic mass is 79.9. The average molecular weight is 427 g/mol. The first-order chi connectivity index (χ1) is 11.4. The van der Waals surface area contributed by atoms with Gasteiger partial charge in [-0.15, -0.1) is 11.3 Å². The lowest BCUT2D eigenvalue weighted by atomic mass is 10.1. The van der Waals surface area contributed by atoms with E-state index in [2.05, 4.69) is 26.6 Å². The van der Waals surface area contributed by atoms with Crippen LogP contribution >= 0.6 is 39.5 Å². The van der Waals surface area contributed by atoms with Gasteiger partial charge in [-0.3, -0.25) is 0 Å². The van der Waals surface area contributed by atoms with E-state index < -0.39 is 0 Å². The number of benzene rings is 1. The van der Waals surface area contributed by atoms with Gasteiger partial charge in [-0.2, -0.15) is 0 Å². The van der Waals surface area contributed by atoms with Crippen LogP contribution < -0.4 is 10.6 Å². The monoisotopic (exact) mass is 426 g/mol. The first-order valence-corrected chi connectivity index (χ1v) is 9.43. The van der Waals surface area contributed by atoms with E-state index in [4.69, 9.17) is 17.0 Å². The quantitative estimate of drug-likeness (QED) is 0.513. The van der Waals surface area contributed by atoms with Crippen LogP contribution in [-0.4, -0.2) is 18.2 Å². The number of hydrogen-bond donors (Lipinski definition) is 2. The van der Waals surface area contributed by atoms with Gasteiger partial charge in [-0.1, -0.05) is 22.9 Å². The van der Waals surface area contributed by atoms with Crippen LogP contribution in [0.3, 0.4) is 0 Å². The van der Waals surface area contributed by atoms with Gasteiger partial charge in [0.05, 0.1) is 12.7 Å². The number of nitrogens with one attached hydrogen (secondary N) is 2. The molecule has 0 fully saturated rings. The van der Waals surface area contributed by atoms with E-state index in [1.807, 2.05) is 39.0 Å². The van der Waals surface area contributed by atoms with Crippen molar-refractivity contribution in [2.45, 2.75) is 27.2 Å². The molecule has 2 aromatic rings. The molecule has 0 saturated heterocycles. The number of aryl methyl sites for hydroxylation is 2. The zero-order valence-electron chi connectivity index (χ0n) is 14.0. The Bertz CT molecular complexity index is 787. The number of halogens is 1. The molecule has 0 saturated carbocycles. The third-order valence-corrected chi connectivity index (χ3v) is 5.75. The fourth-order valence-corrected chi connectivity index (χ4v) is 4.07. The highest BCUT2D eigenvalue weighted by Gasteiger charge is 2.22. The molecule has 1 aromatic heterocycles. The molecule has 1 heterocycles. The molecule has 1 aromatic carbocycles. The summed E-state index contributed by atoms with van der Waals surface area (Å²) < 4.78 is 5.96. The Labute approximate surface area is 159 Å². The van der Waals surface area contributed by atoms with Gasteiger partial charge in [0, 0.05) is 15.0 Å². The molecule has 0 radical (unpaired) electrons. The Morgan fingerprint density at radius 3 is 2.62 bits per heavy atom.